The van der Waals surface area contributed by atoms with Crippen LogP contribution < -0.4 is 15.5 Å². The van der Waals surface area contributed by atoms with Gasteiger partial charge in [0.15, 0.2) is 5.78 Å². The van der Waals surface area contributed by atoms with Crippen LogP contribution in [0.3, 0.4) is 0 Å². The van der Waals surface area contributed by atoms with Crippen molar-refractivity contribution < 1.29 is 14.4 Å². The number of nitrogens with zero attached hydrogens (tertiary/aromatic N) is 4. The SMILES string of the molecule is CC(=O)c1ccc(NC(=O)CNC(=O)N2CCN(c3ncccn3)CC2)cc1. The second-order valence-corrected chi connectivity index (χ2v) is 6.36. The highest BCUT2D eigenvalue weighted by atomic mass is 16.2. The molecule has 9 nitrogen and oxygen atoms in total. The van der Waals surface area contributed by atoms with Gasteiger partial charge in [0.1, 0.15) is 0 Å². The van der Waals surface area contributed by atoms with Crippen LogP contribution in [0.1, 0.15) is 17.3 Å². The highest BCUT2D eigenvalue weighted by Crippen LogP contribution is 2.11. The Morgan fingerprint density at radius 2 is 1.64 bits per heavy atom. The van der Waals surface area contributed by atoms with E-state index in [0.717, 1.165) is 0 Å². The van der Waals surface area contributed by atoms with Gasteiger partial charge in [-0.3, -0.25) is 9.59 Å². The molecule has 2 N–H and O–H groups in total. The minimum Gasteiger partial charge on any atom is -0.337 e. The van der Waals surface area contributed by atoms with E-state index < -0.39 is 0 Å². The molecule has 1 aliphatic rings. The normalized spacial score (nSPS) is 13.8. The molecule has 0 saturated carbocycles. The average Bonchev–Trinajstić information content (AvgIpc) is 2.73. The Morgan fingerprint density at radius 1 is 1.00 bits per heavy atom. The van der Waals surface area contributed by atoms with Gasteiger partial charge in [-0.25, -0.2) is 14.8 Å². The van der Waals surface area contributed by atoms with Crippen LogP contribution in [0.25, 0.3) is 0 Å². The first kappa shape index (κ1) is 19.3. The van der Waals surface area contributed by atoms with E-state index in [2.05, 4.69) is 20.6 Å². The van der Waals surface area contributed by atoms with E-state index >= 15 is 0 Å². The van der Waals surface area contributed by atoms with Gasteiger partial charge >= 0.3 is 6.03 Å². The predicted molar refractivity (Wildman–Crippen MR) is 104 cm³/mol. The second-order valence-electron chi connectivity index (χ2n) is 6.36. The number of benzene rings is 1. The van der Waals surface area contributed by atoms with Gasteiger partial charge in [0.05, 0.1) is 6.54 Å². The van der Waals surface area contributed by atoms with Gasteiger partial charge in [-0.15, -0.1) is 0 Å². The van der Waals surface area contributed by atoms with Crippen molar-refractivity contribution >= 4 is 29.4 Å². The maximum absolute atomic E-state index is 12.3. The maximum atomic E-state index is 12.3. The number of aromatic nitrogens is 2. The molecule has 9 heteroatoms. The molecule has 146 valence electrons. The molecule has 3 amide bonds. The highest BCUT2D eigenvalue weighted by Gasteiger charge is 2.22. The predicted octanol–water partition coefficient (Wildman–Crippen LogP) is 1.15. The van der Waals surface area contributed by atoms with E-state index in [1.807, 2.05) is 4.90 Å². The molecular formula is C19H22N6O3. The topological polar surface area (TPSA) is 108 Å². The molecule has 2 aromatic rings. The summed E-state index contributed by atoms with van der Waals surface area (Å²) in [7, 11) is 0. The lowest BCUT2D eigenvalue weighted by molar-refractivity contribution is -0.115. The fourth-order valence-corrected chi connectivity index (χ4v) is 2.83. The third kappa shape index (κ3) is 5.03. The third-order valence-electron chi connectivity index (χ3n) is 4.38. The number of piperazine rings is 1. The standard InChI is InChI=1S/C19H22N6O3/c1-14(26)15-3-5-16(6-4-15)23-17(27)13-22-19(28)25-11-9-24(10-12-25)18-20-7-2-8-21-18/h2-8H,9-13H2,1H3,(H,22,28)(H,23,27). The average molecular weight is 382 g/mol. The molecule has 1 aromatic carbocycles. The fraction of sp³-hybridized carbons (Fsp3) is 0.316. The summed E-state index contributed by atoms with van der Waals surface area (Å²) in [6, 6.07) is 8.08. The van der Waals surface area contributed by atoms with Gasteiger partial charge in [0, 0.05) is 49.8 Å². The van der Waals surface area contributed by atoms with Crippen LogP contribution in [0.5, 0.6) is 0 Å². The maximum Gasteiger partial charge on any atom is 0.317 e. The van der Waals surface area contributed by atoms with Crippen LogP contribution in [0, 0.1) is 0 Å². The van der Waals surface area contributed by atoms with E-state index in [-0.39, 0.29) is 24.3 Å². The van der Waals surface area contributed by atoms with Gasteiger partial charge in [-0.2, -0.15) is 0 Å². The summed E-state index contributed by atoms with van der Waals surface area (Å²) >= 11 is 0. The molecular weight excluding hydrogens is 360 g/mol. The van der Waals surface area contributed by atoms with Crippen LogP contribution in [0.15, 0.2) is 42.7 Å². The van der Waals surface area contributed by atoms with Crippen molar-refractivity contribution in [3.05, 3.63) is 48.3 Å². The third-order valence-corrected chi connectivity index (χ3v) is 4.38. The molecule has 1 fully saturated rings. The smallest absolute Gasteiger partial charge is 0.317 e. The van der Waals surface area contributed by atoms with Gasteiger partial charge in [0.2, 0.25) is 11.9 Å². The van der Waals surface area contributed by atoms with Gasteiger partial charge in [0.25, 0.3) is 0 Å². The van der Waals surface area contributed by atoms with Crippen molar-refractivity contribution in [2.45, 2.75) is 6.92 Å². The number of urea groups is 1. The van der Waals surface area contributed by atoms with Crippen molar-refractivity contribution in [1.29, 1.82) is 0 Å². The van der Waals surface area contributed by atoms with Crippen molar-refractivity contribution in [1.82, 2.24) is 20.2 Å². The lowest BCUT2D eigenvalue weighted by Crippen LogP contribution is -2.53. The lowest BCUT2D eigenvalue weighted by Gasteiger charge is -2.34. The Kier molecular flexibility index (Phi) is 6.15. The molecule has 1 aliphatic heterocycles. The van der Waals surface area contributed by atoms with E-state index in [1.165, 1.54) is 6.92 Å². The minimum atomic E-state index is -0.333. The summed E-state index contributed by atoms with van der Waals surface area (Å²) in [5.41, 5.74) is 1.15. The number of nitrogens with one attached hydrogen (secondary N) is 2. The Balaban J connectivity index is 1.41. The summed E-state index contributed by atoms with van der Waals surface area (Å²) in [5, 5.41) is 5.31. The Morgan fingerprint density at radius 3 is 2.25 bits per heavy atom. The molecule has 0 spiro atoms. The summed E-state index contributed by atoms with van der Waals surface area (Å²) in [4.78, 5) is 47.6. The number of carbonyl (C=O) groups excluding carboxylic acids is 3. The summed E-state index contributed by atoms with van der Waals surface area (Å²) in [6.07, 6.45) is 3.38. The van der Waals surface area contributed by atoms with E-state index in [1.54, 1.807) is 47.6 Å². The Labute approximate surface area is 162 Å². The molecule has 0 aliphatic carbocycles. The number of ketones is 1. The summed E-state index contributed by atoms with van der Waals surface area (Å²) < 4.78 is 0. The van der Waals surface area contributed by atoms with Crippen molar-refractivity contribution in [3.8, 4) is 0 Å². The molecule has 1 saturated heterocycles. The van der Waals surface area contributed by atoms with Crippen LogP contribution >= 0.6 is 0 Å². The zero-order chi connectivity index (χ0) is 19.9. The van der Waals surface area contributed by atoms with E-state index in [4.69, 9.17) is 0 Å². The lowest BCUT2D eigenvalue weighted by atomic mass is 10.1. The largest absolute Gasteiger partial charge is 0.337 e. The molecule has 2 heterocycles. The number of anilines is 2. The zero-order valence-corrected chi connectivity index (χ0v) is 15.6. The number of hydrogen-bond acceptors (Lipinski definition) is 6. The van der Waals surface area contributed by atoms with E-state index in [0.29, 0.717) is 43.4 Å². The fourth-order valence-electron chi connectivity index (χ4n) is 2.83. The summed E-state index contributed by atoms with van der Waals surface area (Å²) in [6.45, 7) is 3.67. The van der Waals surface area contributed by atoms with Crippen LogP contribution in [-0.2, 0) is 4.79 Å². The molecule has 0 unspecified atom stereocenters. The van der Waals surface area contributed by atoms with Crippen molar-refractivity contribution in [2.24, 2.45) is 0 Å². The number of amides is 3. The first-order valence-corrected chi connectivity index (χ1v) is 8.98. The molecule has 0 radical (unpaired) electrons. The van der Waals surface area contributed by atoms with E-state index in [9.17, 15) is 14.4 Å². The van der Waals surface area contributed by atoms with Crippen LogP contribution in [0.4, 0.5) is 16.4 Å². The van der Waals surface area contributed by atoms with Crippen LogP contribution in [0.2, 0.25) is 0 Å². The number of Topliss-reactive ketones (excluding diaryl/α,β-unsaturated/α-hetero) is 1. The van der Waals surface area contributed by atoms with Gasteiger partial charge in [-0.1, -0.05) is 0 Å². The Hall–Kier alpha value is -3.49. The Bertz CT molecular complexity index is 833. The van der Waals surface area contributed by atoms with Gasteiger partial charge in [-0.05, 0) is 37.3 Å². The van der Waals surface area contributed by atoms with Crippen molar-refractivity contribution in [2.75, 3.05) is 42.9 Å². The highest BCUT2D eigenvalue weighted by molar-refractivity contribution is 5.96. The molecule has 0 atom stereocenters. The molecule has 0 bridgehead atoms. The quantitative estimate of drug-likeness (QED) is 0.751. The van der Waals surface area contributed by atoms with Crippen molar-refractivity contribution in [3.63, 3.8) is 0 Å². The number of rotatable bonds is 5. The minimum absolute atomic E-state index is 0.0379. The number of hydrogen-bond donors (Lipinski definition) is 2. The molecule has 28 heavy (non-hydrogen) atoms. The molecule has 3 rings (SSSR count). The first-order chi connectivity index (χ1) is 13.5. The van der Waals surface area contributed by atoms with Crippen LogP contribution in [-0.4, -0.2) is 65.3 Å². The monoisotopic (exact) mass is 382 g/mol. The first-order valence-electron chi connectivity index (χ1n) is 8.98. The number of carbonyl (C=O) groups is 3. The zero-order valence-electron chi connectivity index (χ0n) is 15.6. The second kappa shape index (κ2) is 8.94. The van der Waals surface area contributed by atoms with Gasteiger partial charge < -0.3 is 20.4 Å². The summed E-state index contributed by atoms with van der Waals surface area (Å²) in [5.74, 6) is 0.280. The molecule has 1 aromatic heterocycles.